The molecule has 1 aromatic carbocycles. The quantitative estimate of drug-likeness (QED) is 0.663. The van der Waals surface area contributed by atoms with Crippen LogP contribution < -0.4 is 5.32 Å². The SMILES string of the molecule is COC[C@@](C)(O)CNC(=O)c1csc(-c2cnn(-c3ccccc3)c2)n1. The van der Waals surface area contributed by atoms with Crippen molar-refractivity contribution in [3.63, 3.8) is 0 Å². The number of methoxy groups -OCH3 is 1. The van der Waals surface area contributed by atoms with Crippen molar-refractivity contribution in [1.29, 1.82) is 0 Å². The largest absolute Gasteiger partial charge is 0.386 e. The van der Waals surface area contributed by atoms with E-state index in [1.165, 1.54) is 18.4 Å². The number of aliphatic hydroxyl groups is 1. The molecule has 3 rings (SSSR count). The van der Waals surface area contributed by atoms with Crippen LogP contribution in [0.3, 0.4) is 0 Å². The minimum atomic E-state index is -1.12. The van der Waals surface area contributed by atoms with Crippen LogP contribution >= 0.6 is 11.3 Å². The maximum absolute atomic E-state index is 12.2. The van der Waals surface area contributed by atoms with Crippen LogP contribution in [0.2, 0.25) is 0 Å². The molecule has 1 atom stereocenters. The number of ether oxygens (including phenoxy) is 1. The molecule has 136 valence electrons. The van der Waals surface area contributed by atoms with Gasteiger partial charge in [-0.2, -0.15) is 5.10 Å². The number of nitrogens with zero attached hydrogens (tertiary/aromatic N) is 3. The Morgan fingerprint density at radius 3 is 2.88 bits per heavy atom. The summed E-state index contributed by atoms with van der Waals surface area (Å²) in [5.74, 6) is -0.334. The first-order valence-electron chi connectivity index (χ1n) is 8.04. The van der Waals surface area contributed by atoms with E-state index in [1.807, 2.05) is 36.5 Å². The van der Waals surface area contributed by atoms with Gasteiger partial charge in [-0.15, -0.1) is 11.3 Å². The molecule has 1 amide bonds. The standard InChI is InChI=1S/C18H20N4O3S/c1-18(24,12-25-2)11-19-16(23)15-10-26-17(21-15)13-8-20-22(9-13)14-6-4-3-5-7-14/h3-10,24H,11-12H2,1-2H3,(H,19,23)/t18-/m0/s1. The van der Waals surface area contributed by atoms with E-state index in [4.69, 9.17) is 4.74 Å². The van der Waals surface area contributed by atoms with Crippen molar-refractivity contribution in [3.05, 3.63) is 53.8 Å². The Morgan fingerprint density at radius 2 is 2.15 bits per heavy atom. The minimum absolute atomic E-state index is 0.0818. The van der Waals surface area contributed by atoms with Gasteiger partial charge in [0.05, 0.1) is 18.5 Å². The zero-order chi connectivity index (χ0) is 18.6. The molecule has 8 heteroatoms. The number of carbonyl (C=O) groups excluding carboxylic acids is 1. The molecule has 2 aromatic heterocycles. The van der Waals surface area contributed by atoms with Crippen LogP contribution in [0.25, 0.3) is 16.3 Å². The summed E-state index contributed by atoms with van der Waals surface area (Å²) in [4.78, 5) is 16.6. The molecule has 0 aliphatic carbocycles. The smallest absolute Gasteiger partial charge is 0.270 e. The molecule has 26 heavy (non-hydrogen) atoms. The van der Waals surface area contributed by atoms with Crippen LogP contribution in [0.15, 0.2) is 48.1 Å². The van der Waals surface area contributed by atoms with Crippen LogP contribution in [0.4, 0.5) is 0 Å². The van der Waals surface area contributed by atoms with Gasteiger partial charge in [-0.25, -0.2) is 9.67 Å². The van der Waals surface area contributed by atoms with E-state index in [9.17, 15) is 9.90 Å². The van der Waals surface area contributed by atoms with Crippen LogP contribution in [-0.4, -0.2) is 51.6 Å². The van der Waals surface area contributed by atoms with Gasteiger partial charge in [0.15, 0.2) is 0 Å². The van der Waals surface area contributed by atoms with Crippen molar-refractivity contribution in [2.24, 2.45) is 0 Å². The number of hydrogen-bond donors (Lipinski definition) is 2. The summed E-state index contributed by atoms with van der Waals surface area (Å²) in [5.41, 5.74) is 0.976. The summed E-state index contributed by atoms with van der Waals surface area (Å²) < 4.78 is 6.68. The Hall–Kier alpha value is -2.55. The van der Waals surface area contributed by atoms with Crippen LogP contribution in [0.5, 0.6) is 0 Å². The second-order valence-corrected chi connectivity index (χ2v) is 7.02. The number of benzene rings is 1. The molecule has 0 saturated heterocycles. The second-order valence-electron chi connectivity index (χ2n) is 6.16. The van der Waals surface area contributed by atoms with E-state index in [2.05, 4.69) is 15.4 Å². The monoisotopic (exact) mass is 372 g/mol. The lowest BCUT2D eigenvalue weighted by Gasteiger charge is -2.22. The van der Waals surface area contributed by atoms with Crippen molar-refractivity contribution in [2.45, 2.75) is 12.5 Å². The summed E-state index contributed by atoms with van der Waals surface area (Å²) in [6.07, 6.45) is 3.59. The zero-order valence-corrected chi connectivity index (χ0v) is 15.4. The molecule has 0 spiro atoms. The van der Waals surface area contributed by atoms with Gasteiger partial charge in [0.2, 0.25) is 0 Å². The summed E-state index contributed by atoms with van der Waals surface area (Å²) in [7, 11) is 1.50. The molecule has 0 unspecified atom stereocenters. The summed E-state index contributed by atoms with van der Waals surface area (Å²) in [5, 5.41) is 19.5. The van der Waals surface area contributed by atoms with Crippen molar-refractivity contribution in [3.8, 4) is 16.3 Å². The Morgan fingerprint density at radius 1 is 1.38 bits per heavy atom. The van der Waals surface area contributed by atoms with Crippen LogP contribution in [0.1, 0.15) is 17.4 Å². The molecular formula is C18H20N4O3S. The lowest BCUT2D eigenvalue weighted by molar-refractivity contribution is -0.0147. The van der Waals surface area contributed by atoms with Gasteiger partial charge in [-0.05, 0) is 19.1 Å². The van der Waals surface area contributed by atoms with E-state index in [0.29, 0.717) is 10.7 Å². The fourth-order valence-electron chi connectivity index (χ4n) is 2.39. The average molecular weight is 372 g/mol. The van der Waals surface area contributed by atoms with Crippen molar-refractivity contribution < 1.29 is 14.6 Å². The number of aromatic nitrogens is 3. The highest BCUT2D eigenvalue weighted by molar-refractivity contribution is 7.13. The number of thiazole rings is 1. The van der Waals surface area contributed by atoms with Crippen molar-refractivity contribution in [1.82, 2.24) is 20.1 Å². The number of amides is 1. The molecule has 2 N–H and O–H groups in total. The van der Waals surface area contributed by atoms with E-state index in [-0.39, 0.29) is 19.1 Å². The third kappa shape index (κ3) is 4.34. The van der Waals surface area contributed by atoms with E-state index >= 15 is 0 Å². The van der Waals surface area contributed by atoms with Gasteiger partial charge < -0.3 is 15.2 Å². The predicted octanol–water partition coefficient (Wildman–Crippen LogP) is 2.12. The molecule has 0 aliphatic heterocycles. The first-order chi connectivity index (χ1) is 12.5. The molecule has 0 aliphatic rings. The van der Waals surface area contributed by atoms with Gasteiger partial charge in [-0.1, -0.05) is 18.2 Å². The molecule has 0 radical (unpaired) electrons. The number of carbonyl (C=O) groups is 1. The second kappa shape index (κ2) is 7.77. The highest BCUT2D eigenvalue weighted by Gasteiger charge is 2.22. The Bertz CT molecular complexity index is 873. The molecular weight excluding hydrogens is 352 g/mol. The molecule has 2 heterocycles. The highest BCUT2D eigenvalue weighted by atomic mass is 32.1. The average Bonchev–Trinajstić information content (AvgIpc) is 3.30. The Balaban J connectivity index is 1.68. The lowest BCUT2D eigenvalue weighted by atomic mass is 10.1. The lowest BCUT2D eigenvalue weighted by Crippen LogP contribution is -2.43. The molecule has 7 nitrogen and oxygen atoms in total. The fraction of sp³-hybridized carbons (Fsp3) is 0.278. The molecule has 0 fully saturated rings. The summed E-state index contributed by atoms with van der Waals surface area (Å²) >= 11 is 1.37. The van der Waals surface area contributed by atoms with Gasteiger partial charge >= 0.3 is 0 Å². The Kier molecular flexibility index (Phi) is 5.46. The number of nitrogens with one attached hydrogen (secondary N) is 1. The first kappa shape index (κ1) is 18.2. The minimum Gasteiger partial charge on any atom is -0.386 e. The predicted molar refractivity (Wildman–Crippen MR) is 99.5 cm³/mol. The van der Waals surface area contributed by atoms with E-state index in [0.717, 1.165) is 11.3 Å². The first-order valence-corrected chi connectivity index (χ1v) is 8.92. The van der Waals surface area contributed by atoms with E-state index in [1.54, 1.807) is 23.2 Å². The fourth-order valence-corrected chi connectivity index (χ4v) is 3.16. The third-order valence-electron chi connectivity index (χ3n) is 3.67. The van der Waals surface area contributed by atoms with Gasteiger partial charge in [-0.3, -0.25) is 4.79 Å². The third-order valence-corrected chi connectivity index (χ3v) is 4.56. The van der Waals surface area contributed by atoms with Crippen molar-refractivity contribution in [2.75, 3.05) is 20.3 Å². The van der Waals surface area contributed by atoms with Gasteiger partial charge in [0, 0.05) is 30.8 Å². The van der Waals surface area contributed by atoms with Crippen molar-refractivity contribution >= 4 is 17.2 Å². The topological polar surface area (TPSA) is 89.3 Å². The van der Waals surface area contributed by atoms with Crippen LogP contribution in [0, 0.1) is 0 Å². The summed E-state index contributed by atoms with van der Waals surface area (Å²) in [6.45, 7) is 1.81. The number of rotatable bonds is 7. The van der Waals surface area contributed by atoms with Crippen LogP contribution in [-0.2, 0) is 4.74 Å². The molecule has 0 bridgehead atoms. The number of hydrogen-bond acceptors (Lipinski definition) is 6. The van der Waals surface area contributed by atoms with Gasteiger partial charge in [0.1, 0.15) is 16.3 Å². The zero-order valence-electron chi connectivity index (χ0n) is 14.5. The highest BCUT2D eigenvalue weighted by Crippen LogP contribution is 2.24. The summed E-state index contributed by atoms with van der Waals surface area (Å²) in [6, 6.07) is 9.76. The van der Waals surface area contributed by atoms with Gasteiger partial charge in [0.25, 0.3) is 5.91 Å². The normalized spacial score (nSPS) is 13.3. The number of para-hydroxylation sites is 1. The maximum Gasteiger partial charge on any atom is 0.270 e. The Labute approximate surface area is 155 Å². The molecule has 3 aromatic rings. The van der Waals surface area contributed by atoms with E-state index < -0.39 is 5.60 Å². The molecule has 0 saturated carbocycles. The maximum atomic E-state index is 12.2.